The fourth-order valence-corrected chi connectivity index (χ4v) is 3.60. The van der Waals surface area contributed by atoms with E-state index in [1.165, 1.54) is 0 Å². The second-order valence-electron chi connectivity index (χ2n) is 6.79. The molecule has 138 valence electrons. The first-order valence-corrected chi connectivity index (χ1v) is 9.76. The number of carbonyl (C=O) groups is 1. The number of nitrogens with zero attached hydrogens (tertiary/aromatic N) is 2. The number of rotatable bonds is 6. The Morgan fingerprint density at radius 3 is 2.85 bits per heavy atom. The number of piperidine rings is 1. The SMILES string of the molecule is O=C(Nc1ccc(Br)cn1)C1CCCN(CC(O)Cc2ccccc2)C1. The molecule has 1 aromatic heterocycles. The summed E-state index contributed by atoms with van der Waals surface area (Å²) >= 11 is 3.34. The van der Waals surface area contributed by atoms with Gasteiger partial charge in [0.05, 0.1) is 12.0 Å². The molecule has 1 fully saturated rings. The first-order valence-electron chi connectivity index (χ1n) is 8.97. The minimum absolute atomic E-state index is 0.00192. The van der Waals surface area contributed by atoms with Crippen LogP contribution in [-0.4, -0.2) is 46.6 Å². The molecule has 2 heterocycles. The van der Waals surface area contributed by atoms with Crippen molar-refractivity contribution in [3.63, 3.8) is 0 Å². The summed E-state index contributed by atoms with van der Waals surface area (Å²) in [7, 11) is 0. The normalized spacial score (nSPS) is 19.1. The van der Waals surface area contributed by atoms with Gasteiger partial charge in [-0.3, -0.25) is 9.69 Å². The van der Waals surface area contributed by atoms with E-state index in [9.17, 15) is 9.90 Å². The molecule has 3 rings (SSSR count). The highest BCUT2D eigenvalue weighted by molar-refractivity contribution is 9.10. The highest BCUT2D eigenvalue weighted by Crippen LogP contribution is 2.19. The van der Waals surface area contributed by atoms with Crippen LogP contribution in [0, 0.1) is 5.92 Å². The summed E-state index contributed by atoms with van der Waals surface area (Å²) in [6.07, 6.45) is 3.71. The molecule has 1 aliphatic rings. The molecule has 1 saturated heterocycles. The van der Waals surface area contributed by atoms with Gasteiger partial charge in [-0.05, 0) is 59.4 Å². The quantitative estimate of drug-likeness (QED) is 0.757. The molecule has 0 radical (unpaired) electrons. The van der Waals surface area contributed by atoms with Gasteiger partial charge in [0.15, 0.2) is 0 Å². The third-order valence-corrected chi connectivity index (χ3v) is 5.11. The molecule has 0 aliphatic carbocycles. The number of hydrogen-bond donors (Lipinski definition) is 2. The van der Waals surface area contributed by atoms with Crippen LogP contribution in [0.1, 0.15) is 18.4 Å². The lowest BCUT2D eigenvalue weighted by molar-refractivity contribution is -0.121. The van der Waals surface area contributed by atoms with E-state index in [0.717, 1.165) is 29.4 Å². The predicted octanol–water partition coefficient (Wildman–Crippen LogP) is 3.10. The Balaban J connectivity index is 1.50. The molecular formula is C20H24BrN3O2. The topological polar surface area (TPSA) is 65.5 Å². The molecule has 2 N–H and O–H groups in total. The molecule has 26 heavy (non-hydrogen) atoms. The Hall–Kier alpha value is -1.76. The summed E-state index contributed by atoms with van der Waals surface area (Å²) in [5, 5.41) is 13.3. The van der Waals surface area contributed by atoms with E-state index in [1.54, 1.807) is 12.3 Å². The largest absolute Gasteiger partial charge is 0.391 e. The Kier molecular flexibility index (Phi) is 6.77. The molecule has 5 nitrogen and oxygen atoms in total. The van der Waals surface area contributed by atoms with Gasteiger partial charge in [-0.25, -0.2) is 4.98 Å². The van der Waals surface area contributed by atoms with Crippen LogP contribution >= 0.6 is 15.9 Å². The summed E-state index contributed by atoms with van der Waals surface area (Å²) in [4.78, 5) is 18.9. The number of halogens is 1. The molecule has 2 unspecified atom stereocenters. The zero-order chi connectivity index (χ0) is 18.4. The lowest BCUT2D eigenvalue weighted by Gasteiger charge is -2.33. The van der Waals surface area contributed by atoms with Crippen LogP contribution in [0.15, 0.2) is 53.1 Å². The van der Waals surface area contributed by atoms with Crippen LogP contribution in [0.25, 0.3) is 0 Å². The zero-order valence-corrected chi connectivity index (χ0v) is 16.2. The summed E-state index contributed by atoms with van der Waals surface area (Å²) in [5.41, 5.74) is 1.13. The number of aliphatic hydroxyl groups is 1. The van der Waals surface area contributed by atoms with Gasteiger partial charge in [-0.15, -0.1) is 0 Å². The van der Waals surface area contributed by atoms with Crippen molar-refractivity contribution in [3.8, 4) is 0 Å². The molecule has 1 amide bonds. The lowest BCUT2D eigenvalue weighted by Crippen LogP contribution is -2.44. The van der Waals surface area contributed by atoms with Gasteiger partial charge in [-0.2, -0.15) is 0 Å². The third-order valence-electron chi connectivity index (χ3n) is 4.64. The van der Waals surface area contributed by atoms with E-state index in [1.807, 2.05) is 36.4 Å². The van der Waals surface area contributed by atoms with Gasteiger partial charge < -0.3 is 10.4 Å². The van der Waals surface area contributed by atoms with Crippen molar-refractivity contribution in [2.45, 2.75) is 25.4 Å². The second kappa shape index (κ2) is 9.26. The number of anilines is 1. The molecule has 2 atom stereocenters. The van der Waals surface area contributed by atoms with Crippen molar-refractivity contribution in [1.29, 1.82) is 0 Å². The van der Waals surface area contributed by atoms with Gasteiger partial charge in [0.2, 0.25) is 5.91 Å². The van der Waals surface area contributed by atoms with Crippen LogP contribution < -0.4 is 5.32 Å². The Morgan fingerprint density at radius 2 is 2.12 bits per heavy atom. The van der Waals surface area contributed by atoms with Crippen LogP contribution in [0.5, 0.6) is 0 Å². The number of nitrogens with one attached hydrogen (secondary N) is 1. The van der Waals surface area contributed by atoms with Crippen LogP contribution in [0.4, 0.5) is 5.82 Å². The maximum absolute atomic E-state index is 12.5. The molecule has 1 aromatic carbocycles. The standard InChI is InChI=1S/C20H24BrN3O2/c21-17-8-9-19(22-12-17)23-20(26)16-7-4-10-24(13-16)14-18(25)11-15-5-2-1-3-6-15/h1-3,5-6,8-9,12,16,18,25H,4,7,10-11,13-14H2,(H,22,23,26). The van der Waals surface area contributed by atoms with Crippen molar-refractivity contribution in [2.24, 2.45) is 5.92 Å². The van der Waals surface area contributed by atoms with E-state index in [2.05, 4.69) is 31.1 Å². The number of aromatic nitrogens is 1. The minimum Gasteiger partial charge on any atom is -0.391 e. The molecule has 6 heteroatoms. The van der Waals surface area contributed by atoms with Gasteiger partial charge in [-0.1, -0.05) is 30.3 Å². The minimum atomic E-state index is -0.424. The van der Waals surface area contributed by atoms with E-state index in [4.69, 9.17) is 0 Å². The van der Waals surface area contributed by atoms with Crippen molar-refractivity contribution in [1.82, 2.24) is 9.88 Å². The van der Waals surface area contributed by atoms with Crippen molar-refractivity contribution in [2.75, 3.05) is 25.0 Å². The van der Waals surface area contributed by atoms with Crippen molar-refractivity contribution < 1.29 is 9.90 Å². The summed E-state index contributed by atoms with van der Waals surface area (Å²) in [6, 6.07) is 13.6. The van der Waals surface area contributed by atoms with Crippen LogP contribution in [0.3, 0.4) is 0 Å². The fraction of sp³-hybridized carbons (Fsp3) is 0.400. The molecule has 0 saturated carbocycles. The Labute approximate surface area is 162 Å². The smallest absolute Gasteiger partial charge is 0.229 e. The van der Waals surface area contributed by atoms with Crippen LogP contribution in [-0.2, 0) is 11.2 Å². The predicted molar refractivity (Wildman–Crippen MR) is 106 cm³/mol. The number of pyridine rings is 1. The first kappa shape index (κ1) is 19.0. The molecule has 2 aromatic rings. The Morgan fingerprint density at radius 1 is 1.31 bits per heavy atom. The average Bonchev–Trinajstić information content (AvgIpc) is 2.64. The number of aliphatic hydroxyl groups excluding tert-OH is 1. The van der Waals surface area contributed by atoms with E-state index in [0.29, 0.717) is 25.3 Å². The van der Waals surface area contributed by atoms with Gasteiger partial charge >= 0.3 is 0 Å². The summed E-state index contributed by atoms with van der Waals surface area (Å²) < 4.78 is 0.881. The highest BCUT2D eigenvalue weighted by Gasteiger charge is 2.27. The highest BCUT2D eigenvalue weighted by atomic mass is 79.9. The first-order chi connectivity index (χ1) is 12.6. The lowest BCUT2D eigenvalue weighted by atomic mass is 9.96. The number of benzene rings is 1. The van der Waals surface area contributed by atoms with E-state index in [-0.39, 0.29) is 11.8 Å². The van der Waals surface area contributed by atoms with Crippen molar-refractivity contribution >= 4 is 27.7 Å². The van der Waals surface area contributed by atoms with E-state index < -0.39 is 6.10 Å². The number of hydrogen-bond acceptors (Lipinski definition) is 4. The summed E-state index contributed by atoms with van der Waals surface area (Å²) in [6.45, 7) is 2.19. The van der Waals surface area contributed by atoms with Gasteiger partial charge in [0.1, 0.15) is 5.82 Å². The van der Waals surface area contributed by atoms with Gasteiger partial charge in [0, 0.05) is 23.8 Å². The van der Waals surface area contributed by atoms with Crippen molar-refractivity contribution in [3.05, 3.63) is 58.7 Å². The summed E-state index contributed by atoms with van der Waals surface area (Å²) in [5.74, 6) is 0.500. The fourth-order valence-electron chi connectivity index (χ4n) is 3.36. The van der Waals surface area contributed by atoms with E-state index >= 15 is 0 Å². The average molecular weight is 418 g/mol. The molecule has 0 spiro atoms. The Bertz CT molecular complexity index is 709. The monoisotopic (exact) mass is 417 g/mol. The second-order valence-corrected chi connectivity index (χ2v) is 7.71. The van der Waals surface area contributed by atoms with Crippen LogP contribution in [0.2, 0.25) is 0 Å². The van der Waals surface area contributed by atoms with Gasteiger partial charge in [0.25, 0.3) is 0 Å². The number of β-amino-alcohol motifs (C(OH)–C–C–N with tert-alkyl or cyclic N) is 1. The molecule has 1 aliphatic heterocycles. The molecule has 0 bridgehead atoms. The number of carbonyl (C=O) groups excluding carboxylic acids is 1. The maximum atomic E-state index is 12.5. The number of likely N-dealkylation sites (tertiary alicyclic amines) is 1. The third kappa shape index (κ3) is 5.62. The maximum Gasteiger partial charge on any atom is 0.229 e. The zero-order valence-electron chi connectivity index (χ0n) is 14.6. The number of amides is 1. The molecular weight excluding hydrogens is 394 g/mol.